The molecule has 7 nitrogen and oxygen atoms in total. The number of aromatic nitrogens is 2. The number of halogens is 1. The van der Waals surface area contributed by atoms with Crippen molar-refractivity contribution in [3.8, 4) is 5.75 Å². The Labute approximate surface area is 138 Å². The summed E-state index contributed by atoms with van der Waals surface area (Å²) in [7, 11) is 1.54. The molecule has 2 heterocycles. The fourth-order valence-electron chi connectivity index (χ4n) is 2.68. The number of rotatable bonds is 3. The summed E-state index contributed by atoms with van der Waals surface area (Å²) < 4.78 is 10.5. The van der Waals surface area contributed by atoms with Crippen LogP contribution >= 0.6 is 11.6 Å². The van der Waals surface area contributed by atoms with E-state index in [1.54, 1.807) is 37.1 Å². The summed E-state index contributed by atoms with van der Waals surface area (Å²) in [6.45, 7) is 2.38. The number of ether oxygens (including phenoxy) is 1. The molecule has 3 rings (SSSR count). The second-order valence-corrected chi connectivity index (χ2v) is 5.74. The molecule has 1 aliphatic rings. The van der Waals surface area contributed by atoms with Crippen molar-refractivity contribution in [1.29, 1.82) is 0 Å². The average Bonchev–Trinajstić information content (AvgIpc) is 3.15. The molecule has 8 heteroatoms. The maximum Gasteiger partial charge on any atom is 0.322 e. The van der Waals surface area contributed by atoms with E-state index in [-0.39, 0.29) is 12.1 Å². The Morgan fingerprint density at radius 3 is 3.04 bits per heavy atom. The molecular weight excluding hydrogens is 320 g/mol. The first-order valence-corrected chi connectivity index (χ1v) is 7.67. The van der Waals surface area contributed by atoms with Crippen molar-refractivity contribution in [3.63, 3.8) is 0 Å². The Bertz CT molecular complexity index is 718. The predicted molar refractivity (Wildman–Crippen MR) is 84.7 cm³/mol. The van der Waals surface area contributed by atoms with Gasteiger partial charge in [-0.3, -0.25) is 0 Å². The number of likely N-dealkylation sites (tertiary alicyclic amines) is 1. The van der Waals surface area contributed by atoms with E-state index in [1.165, 1.54) is 0 Å². The van der Waals surface area contributed by atoms with Crippen LogP contribution < -0.4 is 10.1 Å². The van der Waals surface area contributed by atoms with Crippen LogP contribution in [0.3, 0.4) is 0 Å². The van der Waals surface area contributed by atoms with E-state index in [9.17, 15) is 4.79 Å². The van der Waals surface area contributed by atoms with Gasteiger partial charge in [-0.2, -0.15) is 4.98 Å². The first-order valence-electron chi connectivity index (χ1n) is 7.30. The van der Waals surface area contributed by atoms with Gasteiger partial charge < -0.3 is 19.5 Å². The molecule has 23 heavy (non-hydrogen) atoms. The number of nitrogens with zero attached hydrogens (tertiary/aromatic N) is 3. The molecule has 0 radical (unpaired) electrons. The van der Waals surface area contributed by atoms with Crippen molar-refractivity contribution in [2.45, 2.75) is 25.8 Å². The highest BCUT2D eigenvalue weighted by Gasteiger charge is 2.34. The number of hydrogen-bond acceptors (Lipinski definition) is 5. The van der Waals surface area contributed by atoms with Crippen LogP contribution in [0, 0.1) is 6.92 Å². The minimum absolute atomic E-state index is 0.207. The molecule has 1 unspecified atom stereocenters. The van der Waals surface area contributed by atoms with Gasteiger partial charge >= 0.3 is 6.03 Å². The fourth-order valence-corrected chi connectivity index (χ4v) is 2.85. The SMILES string of the molecule is COc1ccc(Cl)cc1NC(=O)N1CCCC1c1nc(C)no1. The number of methoxy groups -OCH3 is 1. The molecule has 1 aromatic carbocycles. The third-order valence-corrected chi connectivity index (χ3v) is 3.98. The largest absolute Gasteiger partial charge is 0.495 e. The van der Waals surface area contributed by atoms with Crippen molar-refractivity contribution < 1.29 is 14.1 Å². The number of carbonyl (C=O) groups is 1. The van der Waals surface area contributed by atoms with Crippen molar-refractivity contribution in [1.82, 2.24) is 15.0 Å². The molecule has 2 aromatic rings. The minimum atomic E-state index is -0.246. The second kappa shape index (κ2) is 6.45. The highest BCUT2D eigenvalue weighted by Crippen LogP contribution is 2.33. The molecule has 1 saturated heterocycles. The van der Waals surface area contributed by atoms with E-state index in [4.69, 9.17) is 20.9 Å². The summed E-state index contributed by atoms with van der Waals surface area (Å²) in [5, 5.41) is 7.15. The fraction of sp³-hybridized carbons (Fsp3) is 0.400. The molecule has 0 bridgehead atoms. The van der Waals surface area contributed by atoms with Crippen LogP contribution in [0.5, 0.6) is 5.75 Å². The van der Waals surface area contributed by atoms with E-state index < -0.39 is 0 Å². The number of nitrogens with one attached hydrogen (secondary N) is 1. The Kier molecular flexibility index (Phi) is 4.38. The molecule has 0 aliphatic carbocycles. The lowest BCUT2D eigenvalue weighted by atomic mass is 10.2. The molecule has 0 saturated carbocycles. The lowest BCUT2D eigenvalue weighted by Crippen LogP contribution is -2.34. The summed E-state index contributed by atoms with van der Waals surface area (Å²) in [5.41, 5.74) is 0.525. The summed E-state index contributed by atoms with van der Waals surface area (Å²) in [6, 6.07) is 4.61. The van der Waals surface area contributed by atoms with E-state index in [0.717, 1.165) is 12.8 Å². The molecule has 1 aromatic heterocycles. The molecule has 122 valence electrons. The normalized spacial score (nSPS) is 17.3. The van der Waals surface area contributed by atoms with Crippen LogP contribution in [0.15, 0.2) is 22.7 Å². The zero-order chi connectivity index (χ0) is 16.4. The van der Waals surface area contributed by atoms with Crippen LogP contribution in [0.4, 0.5) is 10.5 Å². The highest BCUT2D eigenvalue weighted by molar-refractivity contribution is 6.31. The number of urea groups is 1. The van der Waals surface area contributed by atoms with Gasteiger partial charge in [0.25, 0.3) is 0 Å². The lowest BCUT2D eigenvalue weighted by Gasteiger charge is -2.23. The number of hydrogen-bond donors (Lipinski definition) is 1. The lowest BCUT2D eigenvalue weighted by molar-refractivity contribution is 0.193. The minimum Gasteiger partial charge on any atom is -0.495 e. The smallest absolute Gasteiger partial charge is 0.322 e. The van der Waals surface area contributed by atoms with Crippen LogP contribution in [-0.2, 0) is 0 Å². The van der Waals surface area contributed by atoms with E-state index in [2.05, 4.69) is 15.5 Å². The summed E-state index contributed by atoms with van der Waals surface area (Å²) in [5.74, 6) is 1.57. The molecule has 1 fully saturated rings. The quantitative estimate of drug-likeness (QED) is 0.929. The van der Waals surface area contributed by atoms with Gasteiger partial charge in [-0.15, -0.1) is 0 Å². The number of aryl methyl sites for hydroxylation is 1. The van der Waals surface area contributed by atoms with Gasteiger partial charge in [-0.1, -0.05) is 16.8 Å². The van der Waals surface area contributed by atoms with E-state index >= 15 is 0 Å². The Balaban J connectivity index is 1.79. The van der Waals surface area contributed by atoms with E-state index in [0.29, 0.717) is 34.7 Å². The third-order valence-electron chi connectivity index (χ3n) is 3.75. The number of amides is 2. The standard InChI is InChI=1S/C15H17ClN4O3/c1-9-17-14(23-19-9)12-4-3-7-20(12)15(21)18-11-8-10(16)5-6-13(11)22-2/h5-6,8,12H,3-4,7H2,1-2H3,(H,18,21). The Morgan fingerprint density at radius 1 is 1.52 bits per heavy atom. The van der Waals surface area contributed by atoms with Gasteiger partial charge in [0.2, 0.25) is 5.89 Å². The number of benzene rings is 1. The van der Waals surface area contributed by atoms with Gasteiger partial charge in [0.1, 0.15) is 11.8 Å². The molecule has 1 atom stereocenters. The molecular formula is C15H17ClN4O3. The summed E-state index contributed by atoms with van der Waals surface area (Å²) in [4.78, 5) is 18.5. The van der Waals surface area contributed by atoms with Crippen LogP contribution in [0.2, 0.25) is 5.02 Å². The predicted octanol–water partition coefficient (Wildman–Crippen LogP) is 3.41. The molecule has 1 N–H and O–H groups in total. The van der Waals surface area contributed by atoms with Crippen LogP contribution in [0.25, 0.3) is 0 Å². The summed E-state index contributed by atoms with van der Waals surface area (Å²) >= 11 is 5.99. The topological polar surface area (TPSA) is 80.5 Å². The molecule has 0 spiro atoms. The first kappa shape index (κ1) is 15.6. The summed E-state index contributed by atoms with van der Waals surface area (Å²) in [6.07, 6.45) is 1.67. The second-order valence-electron chi connectivity index (χ2n) is 5.31. The van der Waals surface area contributed by atoms with Gasteiger partial charge in [0, 0.05) is 11.6 Å². The first-order chi connectivity index (χ1) is 11.1. The maximum atomic E-state index is 12.6. The van der Waals surface area contributed by atoms with Gasteiger partial charge in [-0.25, -0.2) is 4.79 Å². The zero-order valence-corrected chi connectivity index (χ0v) is 13.6. The molecule has 1 aliphatic heterocycles. The van der Waals surface area contributed by atoms with Gasteiger partial charge in [-0.05, 0) is 38.0 Å². The zero-order valence-electron chi connectivity index (χ0n) is 12.9. The number of anilines is 1. The van der Waals surface area contributed by atoms with Gasteiger partial charge in [0.05, 0.1) is 12.8 Å². The average molecular weight is 337 g/mol. The third kappa shape index (κ3) is 3.24. The van der Waals surface area contributed by atoms with Crippen LogP contribution in [-0.4, -0.2) is 34.7 Å². The Hall–Kier alpha value is -2.28. The molecule has 2 amide bonds. The highest BCUT2D eigenvalue weighted by atomic mass is 35.5. The Morgan fingerprint density at radius 2 is 2.35 bits per heavy atom. The maximum absolute atomic E-state index is 12.6. The van der Waals surface area contributed by atoms with E-state index in [1.807, 2.05) is 0 Å². The monoisotopic (exact) mass is 336 g/mol. The van der Waals surface area contributed by atoms with Crippen molar-refractivity contribution in [2.24, 2.45) is 0 Å². The van der Waals surface area contributed by atoms with Crippen molar-refractivity contribution >= 4 is 23.3 Å². The van der Waals surface area contributed by atoms with Crippen LogP contribution in [0.1, 0.15) is 30.6 Å². The number of carbonyl (C=O) groups excluding carboxylic acids is 1. The van der Waals surface area contributed by atoms with Crippen molar-refractivity contribution in [3.05, 3.63) is 34.9 Å². The van der Waals surface area contributed by atoms with Crippen molar-refractivity contribution in [2.75, 3.05) is 19.0 Å². The van der Waals surface area contributed by atoms with Gasteiger partial charge in [0.15, 0.2) is 5.82 Å².